The largest absolute Gasteiger partial charge is 0.448 e. The van der Waals surface area contributed by atoms with Crippen molar-refractivity contribution >= 4 is 22.1 Å². The summed E-state index contributed by atoms with van der Waals surface area (Å²) in [7, 11) is 0. The highest BCUT2D eigenvalue weighted by molar-refractivity contribution is 6.01. The molecule has 0 saturated carbocycles. The number of nitrogens with zero attached hydrogens (tertiary/aromatic N) is 2. The molecule has 0 aliphatic heterocycles. The number of furan rings is 1. The Bertz CT molecular complexity index is 866. The number of hydrogen-bond donors (Lipinski definition) is 1. The number of alkyl halides is 3. The van der Waals surface area contributed by atoms with Crippen LogP contribution in [0, 0.1) is 0 Å². The van der Waals surface area contributed by atoms with Crippen LogP contribution < -0.4 is 5.56 Å². The van der Waals surface area contributed by atoms with E-state index in [9.17, 15) is 18.0 Å². The molecule has 0 fully saturated rings. The molecule has 1 atom stereocenters. The number of halogens is 3. The normalized spacial score (nSPS) is 13.9. The zero-order valence-electron chi connectivity index (χ0n) is 10.5. The second kappa shape index (κ2) is 4.59. The fourth-order valence-electron chi connectivity index (χ4n) is 2.04. The summed E-state index contributed by atoms with van der Waals surface area (Å²) in [5.74, 6) is 0. The van der Waals surface area contributed by atoms with Gasteiger partial charge in [0.2, 0.25) is 5.58 Å². The van der Waals surface area contributed by atoms with Gasteiger partial charge in [-0.2, -0.15) is 13.2 Å². The van der Waals surface area contributed by atoms with Gasteiger partial charge in [0.15, 0.2) is 6.10 Å². The molecule has 2 heterocycles. The molecule has 21 heavy (non-hydrogen) atoms. The molecule has 2 aromatic heterocycles. The Labute approximate surface area is 115 Å². The van der Waals surface area contributed by atoms with Crippen molar-refractivity contribution in [2.45, 2.75) is 18.8 Å². The highest BCUT2D eigenvalue weighted by Crippen LogP contribution is 2.25. The Balaban J connectivity index is 2.13. The maximum absolute atomic E-state index is 12.3. The lowest BCUT2D eigenvalue weighted by Gasteiger charge is -2.15. The first-order valence-corrected chi connectivity index (χ1v) is 5.99. The minimum absolute atomic E-state index is 0.131. The van der Waals surface area contributed by atoms with E-state index in [2.05, 4.69) is 4.98 Å². The molecule has 8 heteroatoms. The minimum Gasteiger partial charge on any atom is -0.448 e. The average Bonchev–Trinajstić information content (AvgIpc) is 2.80. The van der Waals surface area contributed by atoms with Gasteiger partial charge in [0.25, 0.3) is 5.56 Å². The summed E-state index contributed by atoms with van der Waals surface area (Å²) >= 11 is 0. The molecule has 3 rings (SSSR count). The van der Waals surface area contributed by atoms with Gasteiger partial charge in [-0.15, -0.1) is 0 Å². The first-order chi connectivity index (χ1) is 9.88. The maximum Gasteiger partial charge on any atom is 0.416 e. The number of fused-ring (bicyclic) bond motifs is 3. The number of benzene rings is 1. The number of aliphatic hydroxyl groups excluding tert-OH is 1. The number of rotatable bonds is 2. The van der Waals surface area contributed by atoms with Gasteiger partial charge in [-0.05, 0) is 12.1 Å². The third kappa shape index (κ3) is 2.27. The van der Waals surface area contributed by atoms with Gasteiger partial charge in [0.05, 0.1) is 12.9 Å². The van der Waals surface area contributed by atoms with Crippen LogP contribution in [-0.4, -0.2) is 26.9 Å². The van der Waals surface area contributed by atoms with Gasteiger partial charge in [-0.3, -0.25) is 9.36 Å². The number of aromatic nitrogens is 2. The van der Waals surface area contributed by atoms with Crippen molar-refractivity contribution in [2.24, 2.45) is 0 Å². The Kier molecular flexibility index (Phi) is 2.98. The van der Waals surface area contributed by atoms with E-state index in [0.29, 0.717) is 15.5 Å². The third-order valence-electron chi connectivity index (χ3n) is 3.10. The molecule has 1 aromatic carbocycles. The highest BCUT2D eigenvalue weighted by atomic mass is 19.4. The van der Waals surface area contributed by atoms with Crippen molar-refractivity contribution < 1.29 is 22.7 Å². The lowest BCUT2D eigenvalue weighted by atomic mass is 10.2. The molecule has 5 nitrogen and oxygen atoms in total. The van der Waals surface area contributed by atoms with Gasteiger partial charge in [0, 0.05) is 5.39 Å². The zero-order chi connectivity index (χ0) is 15.2. The Morgan fingerprint density at radius 1 is 1.33 bits per heavy atom. The number of aliphatic hydroxyl groups is 1. The minimum atomic E-state index is -4.80. The SMILES string of the molecule is O=c1c2oc3ccccc3c2ncn1C[C@@H](O)C(F)(F)F. The predicted octanol–water partition coefficient (Wildman–Crippen LogP) is 2.07. The van der Waals surface area contributed by atoms with Crippen molar-refractivity contribution in [1.82, 2.24) is 9.55 Å². The van der Waals surface area contributed by atoms with Crippen LogP contribution in [0.2, 0.25) is 0 Å². The average molecular weight is 298 g/mol. The third-order valence-corrected chi connectivity index (χ3v) is 3.10. The van der Waals surface area contributed by atoms with E-state index >= 15 is 0 Å². The highest BCUT2D eigenvalue weighted by Gasteiger charge is 2.38. The summed E-state index contributed by atoms with van der Waals surface area (Å²) in [4.78, 5) is 16.1. The molecule has 0 bridgehead atoms. The molecule has 0 unspecified atom stereocenters. The fraction of sp³-hybridized carbons (Fsp3) is 0.231. The first kappa shape index (κ1) is 13.6. The molecular weight excluding hydrogens is 289 g/mol. The van der Waals surface area contributed by atoms with Crippen molar-refractivity contribution in [3.8, 4) is 0 Å². The Hall–Kier alpha value is -2.35. The summed E-state index contributed by atoms with van der Waals surface area (Å²) in [6.07, 6.45) is -6.47. The molecule has 0 amide bonds. The van der Waals surface area contributed by atoms with Gasteiger partial charge < -0.3 is 9.52 Å². The smallest absolute Gasteiger partial charge is 0.416 e. The van der Waals surface area contributed by atoms with Crippen LogP contribution in [0.4, 0.5) is 13.2 Å². The van der Waals surface area contributed by atoms with Gasteiger partial charge in [-0.25, -0.2) is 4.98 Å². The Morgan fingerprint density at radius 3 is 2.76 bits per heavy atom. The lowest BCUT2D eigenvalue weighted by Crippen LogP contribution is -2.36. The molecule has 110 valence electrons. The van der Waals surface area contributed by atoms with Gasteiger partial charge >= 0.3 is 6.18 Å². The Morgan fingerprint density at radius 2 is 2.05 bits per heavy atom. The summed E-state index contributed by atoms with van der Waals surface area (Å²) in [5.41, 5.74) is -0.188. The maximum atomic E-state index is 12.3. The molecule has 3 aromatic rings. The van der Waals surface area contributed by atoms with E-state index in [4.69, 9.17) is 9.52 Å². The molecule has 0 radical (unpaired) electrons. The van der Waals surface area contributed by atoms with Crippen LogP contribution in [0.3, 0.4) is 0 Å². The van der Waals surface area contributed by atoms with Crippen molar-refractivity contribution in [2.75, 3.05) is 0 Å². The first-order valence-electron chi connectivity index (χ1n) is 5.99. The van der Waals surface area contributed by atoms with Crippen molar-refractivity contribution in [1.29, 1.82) is 0 Å². The summed E-state index contributed by atoms with van der Waals surface area (Å²) in [6, 6.07) is 6.77. The second-order valence-corrected chi connectivity index (χ2v) is 4.54. The van der Waals surface area contributed by atoms with Crippen LogP contribution >= 0.6 is 0 Å². The molecule has 0 aliphatic carbocycles. The van der Waals surface area contributed by atoms with E-state index in [0.717, 1.165) is 6.33 Å². The van der Waals surface area contributed by atoms with E-state index in [-0.39, 0.29) is 11.1 Å². The van der Waals surface area contributed by atoms with E-state index in [1.54, 1.807) is 24.3 Å². The van der Waals surface area contributed by atoms with E-state index in [1.807, 2.05) is 0 Å². The standard InChI is InChI=1S/C13H9F3N2O3/c14-13(15,16)9(19)5-18-6-17-10-7-3-1-2-4-8(7)21-11(10)12(18)20/h1-4,6,9,19H,5H2/t9-/m1/s1. The predicted molar refractivity (Wildman–Crippen MR) is 67.8 cm³/mol. The zero-order valence-corrected chi connectivity index (χ0v) is 10.5. The van der Waals surface area contributed by atoms with Crippen LogP contribution in [0.1, 0.15) is 0 Å². The summed E-state index contributed by atoms with van der Waals surface area (Å²) in [5, 5.41) is 9.64. The second-order valence-electron chi connectivity index (χ2n) is 4.54. The van der Waals surface area contributed by atoms with Crippen LogP contribution in [-0.2, 0) is 6.54 Å². The quantitative estimate of drug-likeness (QED) is 0.786. The summed E-state index contributed by atoms with van der Waals surface area (Å²) in [6.45, 7) is -0.928. The molecule has 0 saturated heterocycles. The van der Waals surface area contributed by atoms with Crippen LogP contribution in [0.25, 0.3) is 22.1 Å². The summed E-state index contributed by atoms with van der Waals surface area (Å²) < 4.78 is 43.0. The van der Waals surface area contributed by atoms with Crippen LogP contribution in [0.15, 0.2) is 39.8 Å². The van der Waals surface area contributed by atoms with E-state index < -0.39 is 24.4 Å². The van der Waals surface area contributed by atoms with Gasteiger partial charge in [-0.1, -0.05) is 12.1 Å². The molecule has 1 N–H and O–H groups in total. The molecule has 0 spiro atoms. The molecule has 0 aliphatic rings. The van der Waals surface area contributed by atoms with Crippen molar-refractivity contribution in [3.63, 3.8) is 0 Å². The molecular formula is C13H9F3N2O3. The fourth-order valence-corrected chi connectivity index (χ4v) is 2.04. The topological polar surface area (TPSA) is 68.3 Å². The van der Waals surface area contributed by atoms with Gasteiger partial charge in [0.1, 0.15) is 11.1 Å². The van der Waals surface area contributed by atoms with E-state index in [1.165, 1.54) is 0 Å². The van der Waals surface area contributed by atoms with Crippen molar-refractivity contribution in [3.05, 3.63) is 40.9 Å². The monoisotopic (exact) mass is 298 g/mol. The number of hydrogen-bond acceptors (Lipinski definition) is 4. The number of para-hydroxylation sites is 1. The van der Waals surface area contributed by atoms with Crippen LogP contribution in [0.5, 0.6) is 0 Å². The lowest BCUT2D eigenvalue weighted by molar-refractivity contribution is -0.207.